The number of furan rings is 1. The Morgan fingerprint density at radius 1 is 1.17 bits per heavy atom. The van der Waals surface area contributed by atoms with Crippen molar-refractivity contribution in [1.82, 2.24) is 15.1 Å². The maximum absolute atomic E-state index is 12.5. The lowest BCUT2D eigenvalue weighted by molar-refractivity contribution is 0.0657. The first kappa shape index (κ1) is 24.0. The zero-order chi connectivity index (χ0) is 20.8. The van der Waals surface area contributed by atoms with Crippen molar-refractivity contribution in [2.75, 3.05) is 51.7 Å². The molecular formula is C22H32IN5O2. The van der Waals surface area contributed by atoms with E-state index in [1.54, 1.807) is 12.1 Å². The number of aliphatic imine (C=N–C) groups is 1. The van der Waals surface area contributed by atoms with Crippen molar-refractivity contribution in [2.45, 2.75) is 20.4 Å². The summed E-state index contributed by atoms with van der Waals surface area (Å²) in [6.07, 6.45) is 1.53. The van der Waals surface area contributed by atoms with Gasteiger partial charge in [0.05, 0.1) is 12.8 Å². The van der Waals surface area contributed by atoms with Crippen LogP contribution >= 0.6 is 24.0 Å². The fourth-order valence-corrected chi connectivity index (χ4v) is 3.40. The number of rotatable bonds is 5. The number of aryl methyl sites for hydroxylation is 1. The van der Waals surface area contributed by atoms with Gasteiger partial charge in [-0.2, -0.15) is 0 Å². The van der Waals surface area contributed by atoms with Gasteiger partial charge in [-0.1, -0.05) is 6.07 Å². The van der Waals surface area contributed by atoms with E-state index >= 15 is 0 Å². The molecule has 3 rings (SSSR count). The molecule has 2 aromatic rings. The summed E-state index contributed by atoms with van der Waals surface area (Å²) in [5.41, 5.74) is 3.65. The molecule has 0 unspecified atom stereocenters. The van der Waals surface area contributed by atoms with Crippen LogP contribution in [0.4, 0.5) is 5.69 Å². The van der Waals surface area contributed by atoms with Crippen LogP contribution in [-0.2, 0) is 6.54 Å². The number of hydrogen-bond donors (Lipinski definition) is 1. The van der Waals surface area contributed by atoms with E-state index in [1.807, 2.05) is 19.0 Å². The van der Waals surface area contributed by atoms with Crippen LogP contribution < -0.4 is 10.2 Å². The molecule has 8 heteroatoms. The molecule has 164 valence electrons. The Kier molecular flexibility index (Phi) is 9.01. The van der Waals surface area contributed by atoms with Crippen molar-refractivity contribution in [3.63, 3.8) is 0 Å². The van der Waals surface area contributed by atoms with Gasteiger partial charge >= 0.3 is 0 Å². The highest BCUT2D eigenvalue weighted by Gasteiger charge is 2.25. The lowest BCUT2D eigenvalue weighted by atomic mass is 10.1. The first-order valence-corrected chi connectivity index (χ1v) is 10.1. The van der Waals surface area contributed by atoms with E-state index in [-0.39, 0.29) is 29.9 Å². The van der Waals surface area contributed by atoms with Crippen LogP contribution in [0.3, 0.4) is 0 Å². The number of benzene rings is 1. The zero-order valence-corrected chi connectivity index (χ0v) is 20.6. The number of carbonyl (C=O) groups excluding carboxylic acids is 1. The van der Waals surface area contributed by atoms with E-state index < -0.39 is 0 Å². The van der Waals surface area contributed by atoms with E-state index in [1.165, 1.54) is 23.1 Å². The summed E-state index contributed by atoms with van der Waals surface area (Å²) in [4.78, 5) is 23.5. The molecular weight excluding hydrogens is 493 g/mol. The van der Waals surface area contributed by atoms with Crippen LogP contribution in [0, 0.1) is 6.92 Å². The van der Waals surface area contributed by atoms with Crippen LogP contribution in [0.25, 0.3) is 0 Å². The minimum atomic E-state index is -0.0480. The van der Waals surface area contributed by atoms with Crippen molar-refractivity contribution >= 4 is 41.5 Å². The van der Waals surface area contributed by atoms with Crippen LogP contribution in [0.15, 0.2) is 46.0 Å². The van der Waals surface area contributed by atoms with Gasteiger partial charge in [0.2, 0.25) is 0 Å². The summed E-state index contributed by atoms with van der Waals surface area (Å²) in [7, 11) is 4.10. The van der Waals surface area contributed by atoms with Gasteiger partial charge < -0.3 is 24.4 Å². The van der Waals surface area contributed by atoms with E-state index in [2.05, 4.69) is 47.2 Å². The largest absolute Gasteiger partial charge is 0.459 e. The number of anilines is 1. The molecule has 2 heterocycles. The Morgan fingerprint density at radius 3 is 2.43 bits per heavy atom. The van der Waals surface area contributed by atoms with E-state index in [0.717, 1.165) is 25.6 Å². The summed E-state index contributed by atoms with van der Waals surface area (Å²) in [5, 5.41) is 3.39. The Hall–Kier alpha value is -2.23. The summed E-state index contributed by atoms with van der Waals surface area (Å²) in [6.45, 7) is 8.44. The number of guanidine groups is 1. The molecule has 1 fully saturated rings. The number of amides is 1. The monoisotopic (exact) mass is 525 g/mol. The fraction of sp³-hybridized carbons (Fsp3) is 0.455. The first-order chi connectivity index (χ1) is 14.0. The Morgan fingerprint density at radius 2 is 1.87 bits per heavy atom. The van der Waals surface area contributed by atoms with E-state index in [0.29, 0.717) is 25.4 Å². The van der Waals surface area contributed by atoms with Gasteiger partial charge in [0.15, 0.2) is 11.7 Å². The number of hydrogen-bond acceptors (Lipinski definition) is 4. The molecule has 0 spiro atoms. The van der Waals surface area contributed by atoms with E-state index in [4.69, 9.17) is 9.41 Å². The number of nitrogens with one attached hydrogen (secondary N) is 1. The number of halogens is 1. The molecule has 0 aliphatic carbocycles. The second-order valence-electron chi connectivity index (χ2n) is 7.43. The molecule has 0 saturated carbocycles. The molecule has 1 aromatic carbocycles. The molecule has 1 aliphatic rings. The average Bonchev–Trinajstić information content (AvgIpc) is 3.26. The molecule has 0 atom stereocenters. The Labute approximate surface area is 196 Å². The lowest BCUT2D eigenvalue weighted by Gasteiger charge is -2.36. The second-order valence-corrected chi connectivity index (χ2v) is 7.43. The zero-order valence-electron chi connectivity index (χ0n) is 18.2. The van der Waals surface area contributed by atoms with Crippen molar-refractivity contribution in [1.29, 1.82) is 0 Å². The molecule has 1 N–H and O–H groups in total. The first-order valence-electron chi connectivity index (χ1n) is 10.1. The summed E-state index contributed by atoms with van der Waals surface area (Å²) in [6, 6.07) is 9.93. The van der Waals surface area contributed by atoms with Gasteiger partial charge in [-0.25, -0.2) is 4.99 Å². The van der Waals surface area contributed by atoms with Gasteiger partial charge in [0.1, 0.15) is 0 Å². The van der Waals surface area contributed by atoms with Crippen molar-refractivity contribution in [3.8, 4) is 0 Å². The Balaban J connectivity index is 0.00000320. The third-order valence-corrected chi connectivity index (χ3v) is 5.18. The van der Waals surface area contributed by atoms with Crippen molar-refractivity contribution in [2.24, 2.45) is 4.99 Å². The molecule has 1 amide bonds. The van der Waals surface area contributed by atoms with Gasteiger partial charge in [-0.3, -0.25) is 4.79 Å². The molecule has 30 heavy (non-hydrogen) atoms. The number of nitrogens with zero attached hydrogens (tertiary/aromatic N) is 4. The molecule has 1 aromatic heterocycles. The van der Waals surface area contributed by atoms with Gasteiger partial charge in [-0.15, -0.1) is 24.0 Å². The highest BCUT2D eigenvalue weighted by Crippen LogP contribution is 2.18. The quantitative estimate of drug-likeness (QED) is 0.369. The fourth-order valence-electron chi connectivity index (χ4n) is 3.40. The standard InChI is InChI=1S/C22H31N5O2.HI/c1-5-23-22(24-16-18-8-9-19(25(3)4)15-17(18)2)27-12-10-26(11-13-27)21(28)20-7-6-14-29-20;/h6-9,14-15H,5,10-13,16H2,1-4H3,(H,23,24);1H. The summed E-state index contributed by atoms with van der Waals surface area (Å²) in [5.74, 6) is 1.25. The van der Waals surface area contributed by atoms with Crippen LogP contribution in [0.1, 0.15) is 28.6 Å². The Bertz CT molecular complexity index is 843. The van der Waals surface area contributed by atoms with Crippen LogP contribution in [0.2, 0.25) is 0 Å². The molecule has 1 saturated heterocycles. The lowest BCUT2D eigenvalue weighted by Crippen LogP contribution is -2.53. The summed E-state index contributed by atoms with van der Waals surface area (Å²) >= 11 is 0. The third-order valence-electron chi connectivity index (χ3n) is 5.18. The maximum atomic E-state index is 12.5. The van der Waals surface area contributed by atoms with Gasteiger partial charge in [0.25, 0.3) is 5.91 Å². The van der Waals surface area contributed by atoms with Crippen molar-refractivity contribution < 1.29 is 9.21 Å². The van der Waals surface area contributed by atoms with Crippen LogP contribution in [0.5, 0.6) is 0 Å². The molecule has 1 aliphatic heterocycles. The highest BCUT2D eigenvalue weighted by molar-refractivity contribution is 14.0. The van der Waals surface area contributed by atoms with Gasteiger partial charge in [0, 0.05) is 52.5 Å². The second kappa shape index (κ2) is 11.2. The smallest absolute Gasteiger partial charge is 0.289 e. The van der Waals surface area contributed by atoms with Gasteiger partial charge in [-0.05, 0) is 49.2 Å². The SMILES string of the molecule is CCNC(=NCc1ccc(N(C)C)cc1C)N1CCN(C(=O)c2ccco2)CC1.I. The third kappa shape index (κ3) is 5.90. The minimum absolute atomic E-state index is 0. The van der Waals surface area contributed by atoms with E-state index in [9.17, 15) is 4.79 Å². The van der Waals surface area contributed by atoms with Crippen LogP contribution in [-0.4, -0.2) is 68.5 Å². The summed E-state index contributed by atoms with van der Waals surface area (Å²) < 4.78 is 5.24. The molecule has 0 bridgehead atoms. The number of carbonyl (C=O) groups is 1. The predicted octanol–water partition coefficient (Wildman–Crippen LogP) is 3.20. The van der Waals surface area contributed by atoms with Crippen molar-refractivity contribution in [3.05, 3.63) is 53.5 Å². The minimum Gasteiger partial charge on any atom is -0.459 e. The normalized spacial score (nSPS) is 14.3. The topological polar surface area (TPSA) is 64.3 Å². The number of piperazine rings is 1. The predicted molar refractivity (Wildman–Crippen MR) is 132 cm³/mol. The maximum Gasteiger partial charge on any atom is 0.289 e. The molecule has 0 radical (unpaired) electrons. The molecule has 7 nitrogen and oxygen atoms in total. The average molecular weight is 525 g/mol. The highest BCUT2D eigenvalue weighted by atomic mass is 127.